The second kappa shape index (κ2) is 6.58. The quantitative estimate of drug-likeness (QED) is 0.723. The summed E-state index contributed by atoms with van der Waals surface area (Å²) in [5, 5.41) is 0. The normalized spacial score (nSPS) is 25.9. The van der Waals surface area contributed by atoms with Crippen molar-refractivity contribution in [2.24, 2.45) is 11.7 Å². The molecule has 0 radical (unpaired) electrons. The molecular weight excluding hydrogens is 200 g/mol. The predicted octanol–water partition coefficient (Wildman–Crippen LogP) is 1.86. The van der Waals surface area contributed by atoms with Crippen molar-refractivity contribution in [3.63, 3.8) is 0 Å². The van der Waals surface area contributed by atoms with Crippen LogP contribution >= 0.6 is 0 Å². The van der Waals surface area contributed by atoms with E-state index in [9.17, 15) is 0 Å². The van der Waals surface area contributed by atoms with E-state index in [1.807, 2.05) is 0 Å². The van der Waals surface area contributed by atoms with E-state index in [1.165, 1.54) is 19.4 Å². The third kappa shape index (κ3) is 4.04. The van der Waals surface area contributed by atoms with Crippen molar-refractivity contribution in [1.29, 1.82) is 0 Å². The molecule has 0 bridgehead atoms. The van der Waals surface area contributed by atoms with Gasteiger partial charge in [-0.1, -0.05) is 33.6 Å². The molecule has 1 rings (SSSR count). The number of ether oxygens (including phenoxy) is 1. The lowest BCUT2D eigenvalue weighted by Crippen LogP contribution is -2.51. The fourth-order valence-corrected chi connectivity index (χ4v) is 2.41. The number of likely N-dealkylation sites (N-methyl/N-ethyl adjacent to an activating group) is 1. The Hall–Kier alpha value is -0.120. The van der Waals surface area contributed by atoms with Gasteiger partial charge in [-0.05, 0) is 18.9 Å². The minimum absolute atomic E-state index is 0.0952. The second-order valence-electron chi connectivity index (χ2n) is 5.18. The molecule has 0 amide bonds. The molecule has 1 atom stereocenters. The lowest BCUT2D eigenvalue weighted by atomic mass is 9.97. The predicted molar refractivity (Wildman–Crippen MR) is 68.5 cm³/mol. The van der Waals surface area contributed by atoms with Gasteiger partial charge in [0.1, 0.15) is 0 Å². The van der Waals surface area contributed by atoms with Crippen molar-refractivity contribution in [2.75, 3.05) is 32.8 Å². The zero-order chi connectivity index (χ0) is 12.0. The SMILES string of the molecule is CCC(CC)CN(CC)CC1(N)CCOC1. The summed E-state index contributed by atoms with van der Waals surface area (Å²) < 4.78 is 5.41. The van der Waals surface area contributed by atoms with Crippen molar-refractivity contribution >= 4 is 0 Å². The molecule has 3 heteroatoms. The molecule has 0 aromatic heterocycles. The third-order valence-corrected chi connectivity index (χ3v) is 3.79. The molecule has 0 spiro atoms. The first-order valence-corrected chi connectivity index (χ1v) is 6.72. The van der Waals surface area contributed by atoms with Gasteiger partial charge >= 0.3 is 0 Å². The molecule has 1 unspecified atom stereocenters. The van der Waals surface area contributed by atoms with Crippen molar-refractivity contribution in [3.05, 3.63) is 0 Å². The van der Waals surface area contributed by atoms with Gasteiger partial charge in [-0.2, -0.15) is 0 Å². The van der Waals surface area contributed by atoms with E-state index in [0.29, 0.717) is 0 Å². The molecule has 0 aliphatic carbocycles. The second-order valence-corrected chi connectivity index (χ2v) is 5.18. The maximum absolute atomic E-state index is 6.33. The van der Waals surface area contributed by atoms with Crippen LogP contribution in [0.25, 0.3) is 0 Å². The molecule has 1 fully saturated rings. The maximum atomic E-state index is 6.33. The van der Waals surface area contributed by atoms with Crippen LogP contribution in [-0.4, -0.2) is 43.3 Å². The highest BCUT2D eigenvalue weighted by molar-refractivity contribution is 4.91. The Labute approximate surface area is 100 Å². The molecule has 1 heterocycles. The van der Waals surface area contributed by atoms with Gasteiger partial charge in [0.05, 0.1) is 12.1 Å². The molecule has 1 aliphatic rings. The number of hydrogen-bond acceptors (Lipinski definition) is 3. The van der Waals surface area contributed by atoms with E-state index in [-0.39, 0.29) is 5.54 Å². The minimum Gasteiger partial charge on any atom is -0.379 e. The average Bonchev–Trinajstić information content (AvgIpc) is 2.71. The molecular formula is C13H28N2O. The monoisotopic (exact) mass is 228 g/mol. The van der Waals surface area contributed by atoms with Crippen LogP contribution in [0, 0.1) is 5.92 Å². The van der Waals surface area contributed by atoms with E-state index in [2.05, 4.69) is 25.7 Å². The highest BCUT2D eigenvalue weighted by Gasteiger charge is 2.32. The van der Waals surface area contributed by atoms with Crippen LogP contribution in [-0.2, 0) is 4.74 Å². The van der Waals surface area contributed by atoms with Gasteiger partial charge in [0.2, 0.25) is 0 Å². The average molecular weight is 228 g/mol. The summed E-state index contributed by atoms with van der Waals surface area (Å²) >= 11 is 0. The molecule has 0 aromatic carbocycles. The van der Waals surface area contributed by atoms with Gasteiger partial charge in [-0.25, -0.2) is 0 Å². The van der Waals surface area contributed by atoms with Gasteiger partial charge < -0.3 is 15.4 Å². The number of rotatable bonds is 7. The fraction of sp³-hybridized carbons (Fsp3) is 1.00. The molecule has 1 saturated heterocycles. The number of nitrogens with zero attached hydrogens (tertiary/aromatic N) is 1. The molecule has 16 heavy (non-hydrogen) atoms. The first-order valence-electron chi connectivity index (χ1n) is 6.72. The Bertz CT molecular complexity index is 186. The van der Waals surface area contributed by atoms with Crippen LogP contribution in [0.3, 0.4) is 0 Å². The molecule has 0 saturated carbocycles. The summed E-state index contributed by atoms with van der Waals surface area (Å²) in [6, 6.07) is 0. The summed E-state index contributed by atoms with van der Waals surface area (Å²) in [5.74, 6) is 0.811. The summed E-state index contributed by atoms with van der Waals surface area (Å²) in [4.78, 5) is 2.49. The van der Waals surface area contributed by atoms with Gasteiger partial charge in [-0.3, -0.25) is 0 Å². The topological polar surface area (TPSA) is 38.5 Å². The zero-order valence-corrected chi connectivity index (χ0v) is 11.2. The first-order chi connectivity index (χ1) is 7.63. The maximum Gasteiger partial charge on any atom is 0.0659 e. The zero-order valence-electron chi connectivity index (χ0n) is 11.2. The standard InChI is InChI=1S/C13H28N2O/c1-4-12(5-2)9-15(6-3)10-13(14)7-8-16-11-13/h12H,4-11,14H2,1-3H3. The Morgan fingerprint density at radius 1 is 1.31 bits per heavy atom. The highest BCUT2D eigenvalue weighted by atomic mass is 16.5. The van der Waals surface area contributed by atoms with Crippen LogP contribution < -0.4 is 5.73 Å². The van der Waals surface area contributed by atoms with E-state index in [1.54, 1.807) is 0 Å². The number of nitrogens with two attached hydrogens (primary N) is 1. The van der Waals surface area contributed by atoms with E-state index >= 15 is 0 Å². The minimum atomic E-state index is -0.0952. The summed E-state index contributed by atoms with van der Waals surface area (Å²) in [6.45, 7) is 11.6. The van der Waals surface area contributed by atoms with Crippen molar-refractivity contribution in [3.8, 4) is 0 Å². The van der Waals surface area contributed by atoms with Crippen LogP contribution in [0.2, 0.25) is 0 Å². The molecule has 2 N–H and O–H groups in total. The summed E-state index contributed by atoms with van der Waals surface area (Å²) in [6.07, 6.45) is 3.54. The van der Waals surface area contributed by atoms with E-state index < -0.39 is 0 Å². The molecule has 96 valence electrons. The van der Waals surface area contributed by atoms with Crippen LogP contribution in [0.5, 0.6) is 0 Å². The Morgan fingerprint density at radius 3 is 2.44 bits per heavy atom. The van der Waals surface area contributed by atoms with Crippen LogP contribution in [0.1, 0.15) is 40.0 Å². The number of hydrogen-bond donors (Lipinski definition) is 1. The van der Waals surface area contributed by atoms with E-state index in [0.717, 1.165) is 38.6 Å². The van der Waals surface area contributed by atoms with Crippen LogP contribution in [0.4, 0.5) is 0 Å². The smallest absolute Gasteiger partial charge is 0.0659 e. The lowest BCUT2D eigenvalue weighted by Gasteiger charge is -2.32. The third-order valence-electron chi connectivity index (χ3n) is 3.79. The molecule has 1 aliphatic heterocycles. The van der Waals surface area contributed by atoms with E-state index in [4.69, 9.17) is 10.5 Å². The molecule has 3 nitrogen and oxygen atoms in total. The van der Waals surface area contributed by atoms with Gasteiger partial charge in [-0.15, -0.1) is 0 Å². The largest absolute Gasteiger partial charge is 0.379 e. The highest BCUT2D eigenvalue weighted by Crippen LogP contribution is 2.18. The Kier molecular flexibility index (Phi) is 5.73. The van der Waals surface area contributed by atoms with Gasteiger partial charge in [0, 0.05) is 19.7 Å². The summed E-state index contributed by atoms with van der Waals surface area (Å²) in [5.41, 5.74) is 6.23. The van der Waals surface area contributed by atoms with Crippen LogP contribution in [0.15, 0.2) is 0 Å². The van der Waals surface area contributed by atoms with Crippen molar-refractivity contribution in [1.82, 2.24) is 4.90 Å². The summed E-state index contributed by atoms with van der Waals surface area (Å²) in [7, 11) is 0. The lowest BCUT2D eigenvalue weighted by molar-refractivity contribution is 0.145. The first kappa shape index (κ1) is 13.9. The van der Waals surface area contributed by atoms with Gasteiger partial charge in [0.25, 0.3) is 0 Å². The van der Waals surface area contributed by atoms with Crippen molar-refractivity contribution in [2.45, 2.75) is 45.6 Å². The van der Waals surface area contributed by atoms with Gasteiger partial charge in [0.15, 0.2) is 0 Å². The Morgan fingerprint density at radius 2 is 2.00 bits per heavy atom. The fourth-order valence-electron chi connectivity index (χ4n) is 2.41. The Balaban J connectivity index is 2.41. The van der Waals surface area contributed by atoms with Crippen molar-refractivity contribution < 1.29 is 4.74 Å². The molecule has 0 aromatic rings.